The first-order valence-corrected chi connectivity index (χ1v) is 10.0. The zero-order chi connectivity index (χ0) is 21.5. The van der Waals surface area contributed by atoms with Gasteiger partial charge in [-0.3, -0.25) is 20.4 Å². The van der Waals surface area contributed by atoms with Crippen LogP contribution < -0.4 is 15.6 Å². The summed E-state index contributed by atoms with van der Waals surface area (Å²) >= 11 is 11.9. The molecule has 0 aliphatic heterocycles. The SMILES string of the molecule is C[C@H](Oc1ccc(Cl)cc1Cl)C(=O)NNC(=O)C(c1ccccc1)c1ccccc1. The van der Waals surface area contributed by atoms with Crippen molar-refractivity contribution in [2.45, 2.75) is 18.9 Å². The summed E-state index contributed by atoms with van der Waals surface area (Å²) in [5, 5.41) is 0.754. The van der Waals surface area contributed by atoms with E-state index in [0.29, 0.717) is 15.8 Å². The number of amides is 2. The lowest BCUT2D eigenvalue weighted by Crippen LogP contribution is -2.48. The lowest BCUT2D eigenvalue weighted by Gasteiger charge is -2.20. The molecule has 3 aromatic rings. The Morgan fingerprint density at radius 1 is 0.800 bits per heavy atom. The highest BCUT2D eigenvalue weighted by molar-refractivity contribution is 6.35. The highest BCUT2D eigenvalue weighted by atomic mass is 35.5. The summed E-state index contributed by atoms with van der Waals surface area (Å²) in [7, 11) is 0. The summed E-state index contributed by atoms with van der Waals surface area (Å²) in [6.07, 6.45) is -0.893. The topological polar surface area (TPSA) is 67.4 Å². The van der Waals surface area contributed by atoms with Crippen LogP contribution in [0.25, 0.3) is 0 Å². The molecule has 154 valence electrons. The van der Waals surface area contributed by atoms with Gasteiger partial charge in [0.05, 0.1) is 10.9 Å². The second kappa shape index (κ2) is 10.1. The second-order valence-electron chi connectivity index (χ2n) is 6.57. The number of nitrogens with one attached hydrogen (secondary N) is 2. The van der Waals surface area contributed by atoms with Crippen molar-refractivity contribution in [2.24, 2.45) is 0 Å². The normalized spacial score (nSPS) is 11.6. The van der Waals surface area contributed by atoms with Gasteiger partial charge in [0, 0.05) is 5.02 Å². The molecule has 0 aliphatic rings. The third-order valence-corrected chi connectivity index (χ3v) is 4.93. The van der Waals surface area contributed by atoms with Gasteiger partial charge in [0.2, 0.25) is 5.91 Å². The molecular weight excluding hydrogens is 423 g/mol. The lowest BCUT2D eigenvalue weighted by atomic mass is 9.91. The first-order chi connectivity index (χ1) is 14.5. The van der Waals surface area contributed by atoms with Gasteiger partial charge < -0.3 is 4.74 Å². The zero-order valence-corrected chi connectivity index (χ0v) is 17.7. The molecule has 30 heavy (non-hydrogen) atoms. The Hall–Kier alpha value is -3.02. The molecule has 1 atom stereocenters. The van der Waals surface area contributed by atoms with E-state index in [2.05, 4.69) is 10.9 Å². The van der Waals surface area contributed by atoms with E-state index in [-0.39, 0.29) is 5.91 Å². The van der Waals surface area contributed by atoms with Crippen molar-refractivity contribution in [1.82, 2.24) is 10.9 Å². The molecule has 3 aromatic carbocycles. The van der Waals surface area contributed by atoms with Crippen LogP contribution >= 0.6 is 23.2 Å². The summed E-state index contributed by atoms with van der Waals surface area (Å²) in [5.41, 5.74) is 6.54. The van der Waals surface area contributed by atoms with Gasteiger partial charge in [0.25, 0.3) is 5.91 Å². The smallest absolute Gasteiger partial charge is 0.279 e. The van der Waals surface area contributed by atoms with E-state index < -0.39 is 17.9 Å². The number of benzene rings is 3. The number of rotatable bonds is 6. The average Bonchev–Trinajstić information content (AvgIpc) is 2.75. The molecule has 0 unspecified atom stereocenters. The Balaban J connectivity index is 1.66. The maximum atomic E-state index is 12.9. The maximum Gasteiger partial charge on any atom is 0.279 e. The molecule has 0 fully saturated rings. The third kappa shape index (κ3) is 5.53. The van der Waals surface area contributed by atoms with Crippen molar-refractivity contribution in [3.05, 3.63) is 100 Å². The van der Waals surface area contributed by atoms with E-state index in [1.165, 1.54) is 6.07 Å². The standard InChI is InChI=1S/C23H20Cl2N2O3/c1-15(30-20-13-12-18(24)14-19(20)25)22(28)26-27-23(29)21(16-8-4-2-5-9-16)17-10-6-3-7-11-17/h2-15,21H,1H3,(H,26,28)(H,27,29)/t15-/m0/s1. The van der Waals surface area contributed by atoms with Crippen LogP contribution in [-0.2, 0) is 9.59 Å². The van der Waals surface area contributed by atoms with E-state index in [1.807, 2.05) is 60.7 Å². The Kier molecular flexibility index (Phi) is 7.33. The number of carbonyl (C=O) groups excluding carboxylic acids is 2. The van der Waals surface area contributed by atoms with Crippen molar-refractivity contribution in [3.8, 4) is 5.75 Å². The van der Waals surface area contributed by atoms with Crippen molar-refractivity contribution in [2.75, 3.05) is 0 Å². The van der Waals surface area contributed by atoms with Crippen LogP contribution in [0.4, 0.5) is 0 Å². The summed E-state index contributed by atoms with van der Waals surface area (Å²) in [4.78, 5) is 25.3. The summed E-state index contributed by atoms with van der Waals surface area (Å²) in [6, 6.07) is 23.4. The van der Waals surface area contributed by atoms with Gasteiger partial charge in [-0.2, -0.15) is 0 Å². The Labute approximate surface area is 184 Å². The fourth-order valence-corrected chi connectivity index (χ4v) is 3.35. The van der Waals surface area contributed by atoms with Crippen LogP contribution in [0.1, 0.15) is 24.0 Å². The number of hydrogen-bond acceptors (Lipinski definition) is 3. The van der Waals surface area contributed by atoms with E-state index in [9.17, 15) is 9.59 Å². The van der Waals surface area contributed by atoms with Crippen LogP contribution in [0.2, 0.25) is 10.0 Å². The van der Waals surface area contributed by atoms with Crippen molar-refractivity contribution in [1.29, 1.82) is 0 Å². The van der Waals surface area contributed by atoms with Crippen LogP contribution in [-0.4, -0.2) is 17.9 Å². The zero-order valence-electron chi connectivity index (χ0n) is 16.1. The quantitative estimate of drug-likeness (QED) is 0.541. The van der Waals surface area contributed by atoms with E-state index in [1.54, 1.807) is 19.1 Å². The average molecular weight is 443 g/mol. The second-order valence-corrected chi connectivity index (χ2v) is 7.41. The number of hydrogen-bond donors (Lipinski definition) is 2. The molecule has 0 spiro atoms. The van der Waals surface area contributed by atoms with Gasteiger partial charge in [-0.05, 0) is 36.2 Å². The molecule has 2 amide bonds. The molecule has 0 radical (unpaired) electrons. The number of hydrazine groups is 1. The van der Waals surface area contributed by atoms with Crippen molar-refractivity contribution >= 4 is 35.0 Å². The number of carbonyl (C=O) groups is 2. The minimum absolute atomic E-state index is 0.291. The highest BCUT2D eigenvalue weighted by Gasteiger charge is 2.24. The minimum atomic E-state index is -0.893. The molecule has 7 heteroatoms. The van der Waals surface area contributed by atoms with Crippen LogP contribution in [0.15, 0.2) is 78.9 Å². The van der Waals surface area contributed by atoms with Gasteiger partial charge in [-0.25, -0.2) is 0 Å². The fraction of sp³-hybridized carbons (Fsp3) is 0.130. The number of ether oxygens (including phenoxy) is 1. The molecule has 5 nitrogen and oxygen atoms in total. The molecule has 0 heterocycles. The Morgan fingerprint density at radius 2 is 1.33 bits per heavy atom. The van der Waals surface area contributed by atoms with Gasteiger partial charge in [-0.15, -0.1) is 0 Å². The molecule has 3 rings (SSSR count). The molecule has 0 bridgehead atoms. The minimum Gasteiger partial charge on any atom is -0.479 e. The Bertz CT molecular complexity index is 974. The predicted octanol–water partition coefficient (Wildman–Crippen LogP) is 4.74. The van der Waals surface area contributed by atoms with Crippen molar-refractivity contribution in [3.63, 3.8) is 0 Å². The Morgan fingerprint density at radius 3 is 1.87 bits per heavy atom. The monoisotopic (exact) mass is 442 g/mol. The van der Waals surface area contributed by atoms with Crippen LogP contribution in [0, 0.1) is 0 Å². The van der Waals surface area contributed by atoms with Crippen LogP contribution in [0.5, 0.6) is 5.75 Å². The predicted molar refractivity (Wildman–Crippen MR) is 118 cm³/mol. The molecule has 2 N–H and O–H groups in total. The molecule has 0 saturated heterocycles. The van der Waals surface area contributed by atoms with E-state index in [0.717, 1.165) is 11.1 Å². The first-order valence-electron chi connectivity index (χ1n) is 9.27. The number of halogens is 2. The largest absolute Gasteiger partial charge is 0.479 e. The van der Waals surface area contributed by atoms with Gasteiger partial charge in [0.15, 0.2) is 6.10 Å². The molecule has 0 aliphatic carbocycles. The summed E-state index contributed by atoms with van der Waals surface area (Å²) in [6.45, 7) is 1.55. The van der Waals surface area contributed by atoms with Crippen molar-refractivity contribution < 1.29 is 14.3 Å². The summed E-state index contributed by atoms with van der Waals surface area (Å²) in [5.74, 6) is -1.14. The molecule has 0 aromatic heterocycles. The van der Waals surface area contributed by atoms with E-state index >= 15 is 0 Å². The van der Waals surface area contributed by atoms with Gasteiger partial charge in [-0.1, -0.05) is 83.9 Å². The van der Waals surface area contributed by atoms with Gasteiger partial charge in [0.1, 0.15) is 5.75 Å². The fourth-order valence-electron chi connectivity index (χ4n) is 2.90. The van der Waals surface area contributed by atoms with E-state index in [4.69, 9.17) is 27.9 Å². The summed E-state index contributed by atoms with van der Waals surface area (Å²) < 4.78 is 5.57. The molecule has 0 saturated carbocycles. The third-order valence-electron chi connectivity index (χ3n) is 4.40. The maximum absolute atomic E-state index is 12.9. The highest BCUT2D eigenvalue weighted by Crippen LogP contribution is 2.28. The first kappa shape index (κ1) is 21.7. The van der Waals surface area contributed by atoms with Crippen LogP contribution in [0.3, 0.4) is 0 Å². The van der Waals surface area contributed by atoms with Gasteiger partial charge >= 0.3 is 0 Å². The lowest BCUT2D eigenvalue weighted by molar-refractivity contribution is -0.133. The molecular formula is C23H20Cl2N2O3.